The van der Waals surface area contributed by atoms with Crippen molar-refractivity contribution in [3.8, 4) is 0 Å². The lowest BCUT2D eigenvalue weighted by atomic mass is 9.52. The smallest absolute Gasteiger partial charge is 0.145 e. The Morgan fingerprint density at radius 1 is 1.16 bits per heavy atom. The Morgan fingerprint density at radius 2 is 1.79 bits per heavy atom. The number of rotatable bonds is 3. The molecule has 1 aromatic rings. The van der Waals surface area contributed by atoms with E-state index in [9.17, 15) is 0 Å². The normalized spacial score (nSPS) is 39.9. The molecule has 0 amide bonds. The van der Waals surface area contributed by atoms with E-state index in [2.05, 4.69) is 22.8 Å². The molecule has 0 spiro atoms. The van der Waals surface area contributed by atoms with E-state index in [1.807, 2.05) is 0 Å². The lowest BCUT2D eigenvalue weighted by molar-refractivity contribution is -0.0444. The minimum absolute atomic E-state index is 0.695. The lowest BCUT2D eigenvalue weighted by Gasteiger charge is -2.54. The molecule has 0 atom stereocenters. The van der Waals surface area contributed by atoms with Gasteiger partial charge in [-0.1, -0.05) is 6.92 Å². The van der Waals surface area contributed by atoms with Gasteiger partial charge >= 0.3 is 0 Å². The van der Waals surface area contributed by atoms with Crippen LogP contribution in [0.15, 0.2) is 6.07 Å². The molecule has 0 radical (unpaired) electrons. The molecular formula is C16H25N3. The van der Waals surface area contributed by atoms with Gasteiger partial charge in [-0.2, -0.15) is 5.10 Å². The zero-order valence-electron chi connectivity index (χ0n) is 11.9. The van der Waals surface area contributed by atoms with Gasteiger partial charge in [-0.05, 0) is 68.1 Å². The van der Waals surface area contributed by atoms with E-state index in [0.29, 0.717) is 5.82 Å². The van der Waals surface area contributed by atoms with E-state index in [4.69, 9.17) is 5.73 Å². The predicted octanol–water partition coefficient (Wildman–Crippen LogP) is 3.10. The molecule has 5 rings (SSSR count). The van der Waals surface area contributed by atoms with Crippen molar-refractivity contribution in [1.82, 2.24) is 9.78 Å². The van der Waals surface area contributed by atoms with Crippen molar-refractivity contribution >= 4 is 5.82 Å². The van der Waals surface area contributed by atoms with E-state index < -0.39 is 0 Å². The monoisotopic (exact) mass is 259 g/mol. The second kappa shape index (κ2) is 4.26. The molecule has 0 aromatic carbocycles. The SMILES string of the molecule is CCc1cc(N)nn1CC1C2CC3CC(C2)CC1C3. The first kappa shape index (κ1) is 11.8. The molecule has 3 nitrogen and oxygen atoms in total. The summed E-state index contributed by atoms with van der Waals surface area (Å²) in [6.07, 6.45) is 8.56. The molecule has 1 heterocycles. The Kier molecular flexibility index (Phi) is 2.64. The summed E-state index contributed by atoms with van der Waals surface area (Å²) in [5.74, 6) is 5.65. The average molecular weight is 259 g/mol. The van der Waals surface area contributed by atoms with Crippen molar-refractivity contribution in [3.63, 3.8) is 0 Å². The van der Waals surface area contributed by atoms with Gasteiger partial charge in [-0.3, -0.25) is 4.68 Å². The van der Waals surface area contributed by atoms with Crippen molar-refractivity contribution in [2.75, 3.05) is 5.73 Å². The van der Waals surface area contributed by atoms with Gasteiger partial charge in [0.15, 0.2) is 0 Å². The van der Waals surface area contributed by atoms with Crippen LogP contribution in [0.5, 0.6) is 0 Å². The number of hydrogen-bond donors (Lipinski definition) is 1. The van der Waals surface area contributed by atoms with Crippen LogP contribution < -0.4 is 5.73 Å². The highest BCUT2D eigenvalue weighted by Crippen LogP contribution is 2.56. The zero-order chi connectivity index (χ0) is 13.0. The number of aryl methyl sites for hydroxylation is 1. The molecule has 4 aliphatic rings. The van der Waals surface area contributed by atoms with Crippen LogP contribution in [0, 0.1) is 29.6 Å². The van der Waals surface area contributed by atoms with Gasteiger partial charge in [0.1, 0.15) is 5.82 Å². The van der Waals surface area contributed by atoms with Crippen molar-refractivity contribution in [2.45, 2.75) is 52.0 Å². The van der Waals surface area contributed by atoms with Crippen LogP contribution in [0.3, 0.4) is 0 Å². The highest BCUT2D eigenvalue weighted by Gasteiger charge is 2.48. The zero-order valence-corrected chi connectivity index (χ0v) is 11.9. The average Bonchev–Trinajstić information content (AvgIpc) is 2.73. The van der Waals surface area contributed by atoms with Crippen LogP contribution >= 0.6 is 0 Å². The van der Waals surface area contributed by atoms with E-state index in [-0.39, 0.29) is 0 Å². The Labute approximate surface area is 115 Å². The number of anilines is 1. The fraction of sp³-hybridized carbons (Fsp3) is 0.812. The van der Waals surface area contributed by atoms with Gasteiger partial charge in [0.2, 0.25) is 0 Å². The molecule has 4 aliphatic carbocycles. The molecule has 104 valence electrons. The van der Waals surface area contributed by atoms with Crippen molar-refractivity contribution in [1.29, 1.82) is 0 Å². The quantitative estimate of drug-likeness (QED) is 0.906. The summed E-state index contributed by atoms with van der Waals surface area (Å²) >= 11 is 0. The maximum atomic E-state index is 5.87. The fourth-order valence-corrected chi connectivity index (χ4v) is 5.46. The molecule has 0 saturated heterocycles. The Morgan fingerprint density at radius 3 is 2.37 bits per heavy atom. The van der Waals surface area contributed by atoms with Crippen LogP contribution in [0.25, 0.3) is 0 Å². The van der Waals surface area contributed by atoms with Crippen molar-refractivity contribution in [2.24, 2.45) is 29.6 Å². The molecular weight excluding hydrogens is 234 g/mol. The van der Waals surface area contributed by atoms with E-state index in [1.54, 1.807) is 0 Å². The number of nitrogen functional groups attached to an aromatic ring is 1. The van der Waals surface area contributed by atoms with Crippen molar-refractivity contribution < 1.29 is 0 Å². The minimum Gasteiger partial charge on any atom is -0.382 e. The minimum atomic E-state index is 0.695. The Hall–Kier alpha value is -0.990. The largest absolute Gasteiger partial charge is 0.382 e. The molecule has 4 saturated carbocycles. The number of hydrogen-bond acceptors (Lipinski definition) is 2. The molecule has 0 aliphatic heterocycles. The summed E-state index contributed by atoms with van der Waals surface area (Å²) in [4.78, 5) is 0. The Bertz CT molecular complexity index is 448. The predicted molar refractivity (Wildman–Crippen MR) is 76.6 cm³/mol. The van der Waals surface area contributed by atoms with Crippen molar-refractivity contribution in [3.05, 3.63) is 11.8 Å². The Balaban J connectivity index is 1.56. The summed E-state index contributed by atoms with van der Waals surface area (Å²) in [5, 5.41) is 4.53. The second-order valence-corrected chi connectivity index (χ2v) is 7.19. The highest BCUT2D eigenvalue weighted by molar-refractivity contribution is 5.29. The summed E-state index contributed by atoms with van der Waals surface area (Å²) < 4.78 is 2.21. The van der Waals surface area contributed by atoms with E-state index in [0.717, 1.165) is 42.6 Å². The first-order valence-electron chi connectivity index (χ1n) is 8.05. The van der Waals surface area contributed by atoms with Gasteiger partial charge in [0.25, 0.3) is 0 Å². The van der Waals surface area contributed by atoms with Crippen LogP contribution in [0.1, 0.15) is 44.7 Å². The first-order chi connectivity index (χ1) is 9.22. The third-order valence-corrected chi connectivity index (χ3v) is 6.05. The number of aromatic nitrogens is 2. The van der Waals surface area contributed by atoms with Crippen LogP contribution in [0.4, 0.5) is 5.82 Å². The standard InChI is InChI=1S/C16H25N3/c1-2-14-8-16(17)18-19(14)9-15-12-4-10-3-11(6-12)7-13(15)5-10/h8,10-13,15H,2-7,9H2,1H3,(H2,17,18). The van der Waals surface area contributed by atoms with Gasteiger partial charge in [0.05, 0.1) is 0 Å². The van der Waals surface area contributed by atoms with Gasteiger partial charge in [0, 0.05) is 18.3 Å². The summed E-state index contributed by atoms with van der Waals surface area (Å²) in [5.41, 5.74) is 7.18. The molecule has 0 unspecified atom stereocenters. The van der Waals surface area contributed by atoms with Gasteiger partial charge < -0.3 is 5.73 Å². The molecule has 19 heavy (non-hydrogen) atoms. The molecule has 4 fully saturated rings. The third-order valence-electron chi connectivity index (χ3n) is 6.05. The lowest BCUT2D eigenvalue weighted by Crippen LogP contribution is -2.46. The molecule has 2 N–H and O–H groups in total. The number of nitrogens with zero attached hydrogens (tertiary/aromatic N) is 2. The van der Waals surface area contributed by atoms with Gasteiger partial charge in [-0.15, -0.1) is 0 Å². The maximum Gasteiger partial charge on any atom is 0.145 e. The van der Waals surface area contributed by atoms with E-state index in [1.165, 1.54) is 37.8 Å². The molecule has 3 heteroatoms. The third kappa shape index (κ3) is 1.89. The van der Waals surface area contributed by atoms with E-state index >= 15 is 0 Å². The fourth-order valence-electron chi connectivity index (χ4n) is 5.46. The first-order valence-corrected chi connectivity index (χ1v) is 8.05. The number of nitrogens with two attached hydrogens (primary N) is 1. The maximum absolute atomic E-state index is 5.87. The van der Waals surface area contributed by atoms with Crippen LogP contribution in [0.2, 0.25) is 0 Å². The van der Waals surface area contributed by atoms with Crippen LogP contribution in [-0.4, -0.2) is 9.78 Å². The summed E-state index contributed by atoms with van der Waals surface area (Å²) in [7, 11) is 0. The summed E-state index contributed by atoms with van der Waals surface area (Å²) in [6.45, 7) is 3.32. The molecule has 1 aromatic heterocycles. The molecule has 4 bridgehead atoms. The van der Waals surface area contributed by atoms with Crippen LogP contribution in [-0.2, 0) is 13.0 Å². The second-order valence-electron chi connectivity index (χ2n) is 7.19. The topological polar surface area (TPSA) is 43.8 Å². The summed E-state index contributed by atoms with van der Waals surface area (Å²) in [6, 6.07) is 2.05. The van der Waals surface area contributed by atoms with Gasteiger partial charge in [-0.25, -0.2) is 0 Å². The highest BCUT2D eigenvalue weighted by atomic mass is 15.3.